The third-order valence-electron chi connectivity index (χ3n) is 2.21. The van der Waals surface area contributed by atoms with Crippen molar-refractivity contribution >= 4 is 17.3 Å². The first-order valence-corrected chi connectivity index (χ1v) is 5.30. The molecule has 1 amide bonds. The van der Waals surface area contributed by atoms with Crippen LogP contribution in [0.25, 0.3) is 0 Å². The quantitative estimate of drug-likeness (QED) is 0.279. The van der Waals surface area contributed by atoms with Crippen LogP contribution in [-0.4, -0.2) is 23.0 Å². The van der Waals surface area contributed by atoms with E-state index in [4.69, 9.17) is 10.5 Å². The van der Waals surface area contributed by atoms with Crippen molar-refractivity contribution in [3.63, 3.8) is 0 Å². The maximum atomic E-state index is 11.0. The first kappa shape index (κ1) is 15.1. The van der Waals surface area contributed by atoms with Crippen LogP contribution in [0.4, 0.5) is 11.4 Å². The number of hydrogen-bond acceptors (Lipinski definition) is 7. The van der Waals surface area contributed by atoms with Gasteiger partial charge in [-0.2, -0.15) is 0 Å². The number of benzene rings is 1. The third kappa shape index (κ3) is 3.51. The fraction of sp³-hybridized carbons (Fsp3) is 0.182. The Morgan fingerprint density at radius 3 is 2.60 bits per heavy atom. The average Bonchev–Trinajstić information content (AvgIpc) is 2.37. The van der Waals surface area contributed by atoms with Crippen LogP contribution in [0.15, 0.2) is 39.9 Å². The lowest BCUT2D eigenvalue weighted by Gasteiger charge is -2.03. The topological polar surface area (TPSA) is 140 Å². The molecule has 9 heteroatoms. The molecule has 3 N–H and O–H groups in total. The van der Waals surface area contributed by atoms with E-state index in [-0.39, 0.29) is 17.1 Å². The summed E-state index contributed by atoms with van der Waals surface area (Å²) in [6.07, 6.45) is 0. The minimum absolute atomic E-state index is 0.0294. The molecule has 0 aliphatic heterocycles. The van der Waals surface area contributed by atoms with Gasteiger partial charge < -0.3 is 15.6 Å². The van der Waals surface area contributed by atoms with Crippen LogP contribution in [0.1, 0.15) is 6.92 Å². The summed E-state index contributed by atoms with van der Waals surface area (Å²) in [7, 11) is 1.35. The highest BCUT2D eigenvalue weighted by molar-refractivity contribution is 5.91. The van der Waals surface area contributed by atoms with Crippen LogP contribution in [0.2, 0.25) is 0 Å². The molecule has 0 unspecified atom stereocenters. The summed E-state index contributed by atoms with van der Waals surface area (Å²) in [6, 6.07) is 3.69. The maximum absolute atomic E-state index is 11.0. The van der Waals surface area contributed by atoms with Crippen molar-refractivity contribution in [3.05, 3.63) is 39.8 Å². The van der Waals surface area contributed by atoms with Gasteiger partial charge in [-0.1, -0.05) is 0 Å². The van der Waals surface area contributed by atoms with Gasteiger partial charge in [-0.25, -0.2) is 0 Å². The number of azo groups is 1. The van der Waals surface area contributed by atoms with Crippen LogP contribution in [0.3, 0.4) is 0 Å². The highest BCUT2D eigenvalue weighted by Gasteiger charge is 2.13. The molecule has 0 atom stereocenters. The van der Waals surface area contributed by atoms with E-state index < -0.39 is 22.3 Å². The molecule has 0 radical (unpaired) electrons. The highest BCUT2D eigenvalue weighted by Crippen LogP contribution is 2.32. The van der Waals surface area contributed by atoms with Gasteiger partial charge in [0.25, 0.3) is 11.6 Å². The smallest absolute Gasteiger partial charge is 0.272 e. The van der Waals surface area contributed by atoms with Crippen molar-refractivity contribution in [2.24, 2.45) is 16.0 Å². The SMILES string of the molecule is COc1ccc([N+](=O)[O-])cc1N=N/C(C(N)=O)=C(\C)O. The molecular weight excluding hydrogens is 268 g/mol. The number of rotatable bonds is 5. The molecule has 1 aromatic carbocycles. The highest BCUT2D eigenvalue weighted by atomic mass is 16.6. The second-order valence-corrected chi connectivity index (χ2v) is 3.61. The number of non-ortho nitro benzene ring substituents is 1. The molecular formula is C11H12N4O5. The Morgan fingerprint density at radius 2 is 2.15 bits per heavy atom. The largest absolute Gasteiger partial charge is 0.510 e. The minimum atomic E-state index is -0.974. The van der Waals surface area contributed by atoms with Gasteiger partial charge in [-0.15, -0.1) is 10.2 Å². The van der Waals surface area contributed by atoms with E-state index in [1.54, 1.807) is 0 Å². The van der Waals surface area contributed by atoms with Crippen molar-refractivity contribution in [1.29, 1.82) is 0 Å². The summed E-state index contributed by atoms with van der Waals surface area (Å²) in [6.45, 7) is 1.21. The predicted molar refractivity (Wildman–Crippen MR) is 68.7 cm³/mol. The Balaban J connectivity index is 3.25. The number of ether oxygens (including phenoxy) is 1. The molecule has 9 nitrogen and oxygen atoms in total. The molecule has 0 saturated carbocycles. The number of nitro benzene ring substituents is 1. The molecule has 0 heterocycles. The van der Waals surface area contributed by atoms with Crippen LogP contribution < -0.4 is 10.5 Å². The summed E-state index contributed by atoms with van der Waals surface area (Å²) in [4.78, 5) is 21.1. The van der Waals surface area contributed by atoms with Gasteiger partial charge in [-0.3, -0.25) is 14.9 Å². The van der Waals surface area contributed by atoms with Crippen LogP contribution in [0, 0.1) is 10.1 Å². The zero-order valence-electron chi connectivity index (χ0n) is 10.7. The normalized spacial score (nSPS) is 12.1. The molecule has 0 fully saturated rings. The first-order valence-electron chi connectivity index (χ1n) is 5.30. The van der Waals surface area contributed by atoms with Crippen LogP contribution in [0.5, 0.6) is 5.75 Å². The lowest BCUT2D eigenvalue weighted by molar-refractivity contribution is -0.384. The Kier molecular flexibility index (Phi) is 4.73. The Labute approximate surface area is 113 Å². The van der Waals surface area contributed by atoms with E-state index in [1.807, 2.05) is 0 Å². The molecule has 0 aliphatic rings. The standard InChI is InChI=1S/C11H12N4O5/c1-6(16)10(11(12)17)14-13-8-5-7(15(18)19)3-4-9(8)20-2/h3-5,16H,1-2H3,(H2,12,17)/b10-6+,14-13?. The number of hydrogen-bond donors (Lipinski definition) is 2. The van der Waals surface area contributed by atoms with Gasteiger partial charge in [0.2, 0.25) is 0 Å². The third-order valence-corrected chi connectivity index (χ3v) is 2.21. The molecule has 106 valence electrons. The molecule has 0 saturated heterocycles. The van der Waals surface area contributed by atoms with Crippen molar-refractivity contribution in [1.82, 2.24) is 0 Å². The minimum Gasteiger partial charge on any atom is -0.510 e. The Hall–Kier alpha value is -2.97. The van der Waals surface area contributed by atoms with Crippen molar-refractivity contribution < 1.29 is 19.6 Å². The summed E-state index contributed by atoms with van der Waals surface area (Å²) in [5, 5.41) is 27.0. The lowest BCUT2D eigenvalue weighted by Crippen LogP contribution is -2.13. The number of allylic oxidation sites excluding steroid dienone is 1. The molecule has 0 aliphatic carbocycles. The maximum Gasteiger partial charge on any atom is 0.272 e. The Morgan fingerprint density at radius 1 is 1.50 bits per heavy atom. The Bertz CT molecular complexity index is 605. The number of primary amides is 1. The number of carbonyl (C=O) groups excluding carboxylic acids is 1. The number of amides is 1. The number of methoxy groups -OCH3 is 1. The second-order valence-electron chi connectivity index (χ2n) is 3.61. The van der Waals surface area contributed by atoms with E-state index in [2.05, 4.69) is 10.2 Å². The van der Waals surface area contributed by atoms with Gasteiger partial charge in [0.15, 0.2) is 5.70 Å². The average molecular weight is 280 g/mol. The molecule has 0 spiro atoms. The summed E-state index contributed by atoms with van der Waals surface area (Å²) in [5.41, 5.74) is 4.37. The van der Waals surface area contributed by atoms with E-state index >= 15 is 0 Å². The molecule has 1 aromatic rings. The number of nitrogens with two attached hydrogens (primary N) is 1. The van der Waals surface area contributed by atoms with Crippen LogP contribution >= 0.6 is 0 Å². The molecule has 0 aromatic heterocycles. The monoisotopic (exact) mass is 280 g/mol. The fourth-order valence-corrected chi connectivity index (χ4v) is 1.27. The number of carbonyl (C=O) groups is 1. The van der Waals surface area contributed by atoms with Crippen molar-refractivity contribution in [2.45, 2.75) is 6.92 Å². The number of nitrogens with zero attached hydrogens (tertiary/aromatic N) is 3. The van der Waals surface area contributed by atoms with E-state index in [0.717, 1.165) is 6.07 Å². The first-order chi connectivity index (χ1) is 9.36. The number of nitro groups is 1. The molecule has 20 heavy (non-hydrogen) atoms. The molecule has 0 bridgehead atoms. The summed E-state index contributed by atoms with van der Waals surface area (Å²) in [5.74, 6) is -1.16. The predicted octanol–water partition coefficient (Wildman–Crippen LogP) is 1.96. The summed E-state index contributed by atoms with van der Waals surface area (Å²) < 4.78 is 4.96. The number of aliphatic hydroxyl groups excluding tert-OH is 1. The van der Waals surface area contributed by atoms with E-state index in [0.29, 0.717) is 0 Å². The van der Waals surface area contributed by atoms with Gasteiger partial charge in [-0.05, 0) is 13.0 Å². The van der Waals surface area contributed by atoms with Gasteiger partial charge in [0, 0.05) is 12.1 Å². The van der Waals surface area contributed by atoms with Gasteiger partial charge in [0.05, 0.1) is 12.0 Å². The summed E-state index contributed by atoms with van der Waals surface area (Å²) >= 11 is 0. The number of aliphatic hydroxyl groups is 1. The zero-order chi connectivity index (χ0) is 15.3. The van der Waals surface area contributed by atoms with Crippen molar-refractivity contribution in [3.8, 4) is 5.75 Å². The zero-order valence-corrected chi connectivity index (χ0v) is 10.7. The second kappa shape index (κ2) is 6.27. The molecule has 1 rings (SSSR count). The lowest BCUT2D eigenvalue weighted by atomic mass is 10.2. The van der Waals surface area contributed by atoms with Crippen molar-refractivity contribution in [2.75, 3.05) is 7.11 Å². The van der Waals surface area contributed by atoms with Crippen LogP contribution in [-0.2, 0) is 4.79 Å². The van der Waals surface area contributed by atoms with Gasteiger partial charge in [0.1, 0.15) is 17.2 Å². The fourth-order valence-electron chi connectivity index (χ4n) is 1.27. The van der Waals surface area contributed by atoms with E-state index in [9.17, 15) is 20.0 Å². The van der Waals surface area contributed by atoms with Gasteiger partial charge >= 0.3 is 0 Å². The van der Waals surface area contributed by atoms with E-state index in [1.165, 1.54) is 26.2 Å².